The maximum atomic E-state index is 12.7. The third-order valence-electron chi connectivity index (χ3n) is 5.56. The SMILES string of the molecule is Cc1cc(Br)cnc1N1CCC(CC(=O)N2CCc3sccc3C2)CC1. The Morgan fingerprint density at radius 1 is 1.35 bits per heavy atom. The molecule has 2 aliphatic heterocycles. The fourth-order valence-corrected chi connectivity index (χ4v) is 5.39. The normalized spacial score (nSPS) is 18.1. The van der Waals surface area contributed by atoms with Gasteiger partial charge in [0, 0.05) is 48.1 Å². The zero-order valence-electron chi connectivity index (χ0n) is 15.1. The second-order valence-electron chi connectivity index (χ2n) is 7.36. The Kier molecular flexibility index (Phi) is 5.32. The van der Waals surface area contributed by atoms with Crippen LogP contribution in [0.4, 0.5) is 5.82 Å². The Morgan fingerprint density at radius 3 is 2.92 bits per heavy atom. The lowest BCUT2D eigenvalue weighted by atomic mass is 9.92. The minimum absolute atomic E-state index is 0.332. The highest BCUT2D eigenvalue weighted by Crippen LogP contribution is 2.29. The van der Waals surface area contributed by atoms with Crippen LogP contribution in [0.25, 0.3) is 0 Å². The Balaban J connectivity index is 1.30. The molecule has 0 N–H and O–H groups in total. The second-order valence-corrected chi connectivity index (χ2v) is 9.28. The Hall–Kier alpha value is -1.40. The van der Waals surface area contributed by atoms with Gasteiger partial charge in [-0.1, -0.05) is 0 Å². The van der Waals surface area contributed by atoms with Crippen LogP contribution in [0.5, 0.6) is 0 Å². The van der Waals surface area contributed by atoms with E-state index in [1.165, 1.54) is 16.0 Å². The Labute approximate surface area is 167 Å². The van der Waals surface area contributed by atoms with Gasteiger partial charge in [0.2, 0.25) is 5.91 Å². The minimum atomic E-state index is 0.332. The summed E-state index contributed by atoms with van der Waals surface area (Å²) < 4.78 is 1.02. The molecule has 4 nitrogen and oxygen atoms in total. The maximum absolute atomic E-state index is 12.7. The van der Waals surface area contributed by atoms with Crippen molar-refractivity contribution in [3.05, 3.63) is 44.2 Å². The number of thiophene rings is 1. The molecule has 0 spiro atoms. The molecule has 0 radical (unpaired) electrons. The van der Waals surface area contributed by atoms with E-state index >= 15 is 0 Å². The van der Waals surface area contributed by atoms with Crippen LogP contribution in [0.2, 0.25) is 0 Å². The van der Waals surface area contributed by atoms with Crippen LogP contribution in [0, 0.1) is 12.8 Å². The van der Waals surface area contributed by atoms with Crippen LogP contribution in [0.1, 0.15) is 35.3 Å². The van der Waals surface area contributed by atoms with Crippen molar-refractivity contribution in [3.63, 3.8) is 0 Å². The van der Waals surface area contributed by atoms with Gasteiger partial charge in [-0.2, -0.15) is 0 Å². The van der Waals surface area contributed by atoms with E-state index in [2.05, 4.69) is 55.2 Å². The van der Waals surface area contributed by atoms with Gasteiger partial charge in [0.25, 0.3) is 0 Å². The van der Waals surface area contributed by atoms with Gasteiger partial charge in [-0.15, -0.1) is 11.3 Å². The number of pyridine rings is 1. The molecule has 6 heteroatoms. The van der Waals surface area contributed by atoms with Gasteiger partial charge in [-0.3, -0.25) is 4.79 Å². The third kappa shape index (κ3) is 3.81. The van der Waals surface area contributed by atoms with Gasteiger partial charge in [0.1, 0.15) is 5.82 Å². The summed E-state index contributed by atoms with van der Waals surface area (Å²) in [4.78, 5) is 23.2. The van der Waals surface area contributed by atoms with Crippen LogP contribution in [-0.4, -0.2) is 35.4 Å². The molecule has 0 saturated carbocycles. The number of amides is 1. The molecule has 1 saturated heterocycles. The van der Waals surface area contributed by atoms with E-state index in [4.69, 9.17) is 0 Å². The molecule has 4 heterocycles. The van der Waals surface area contributed by atoms with E-state index in [-0.39, 0.29) is 0 Å². The molecule has 0 bridgehead atoms. The predicted molar refractivity (Wildman–Crippen MR) is 110 cm³/mol. The first kappa shape index (κ1) is 18.0. The summed E-state index contributed by atoms with van der Waals surface area (Å²) in [6.45, 7) is 5.77. The summed E-state index contributed by atoms with van der Waals surface area (Å²) in [5, 5.41) is 2.15. The van der Waals surface area contributed by atoms with Crippen LogP contribution in [0.15, 0.2) is 28.2 Å². The summed E-state index contributed by atoms with van der Waals surface area (Å²) in [6.07, 6.45) is 5.72. The second kappa shape index (κ2) is 7.69. The molecule has 26 heavy (non-hydrogen) atoms. The summed E-state index contributed by atoms with van der Waals surface area (Å²) in [6, 6.07) is 4.29. The number of rotatable bonds is 3. The molecule has 2 aliphatic rings. The van der Waals surface area contributed by atoms with Crippen molar-refractivity contribution in [1.29, 1.82) is 0 Å². The number of aromatic nitrogens is 1. The lowest BCUT2D eigenvalue weighted by Gasteiger charge is -2.35. The maximum Gasteiger partial charge on any atom is 0.223 e. The smallest absolute Gasteiger partial charge is 0.223 e. The first-order valence-corrected chi connectivity index (χ1v) is 11.0. The lowest BCUT2D eigenvalue weighted by molar-refractivity contribution is -0.133. The van der Waals surface area contributed by atoms with Crippen molar-refractivity contribution >= 4 is 39.0 Å². The number of carbonyl (C=O) groups is 1. The highest BCUT2D eigenvalue weighted by atomic mass is 79.9. The molecule has 1 fully saturated rings. The standard InChI is InChI=1S/C20H24BrN3OS/c1-14-10-17(21)12-22-20(14)23-6-2-15(3-7-23)11-19(25)24-8-4-18-16(13-24)5-9-26-18/h5,9-10,12,15H,2-4,6-8,11,13H2,1H3. The third-order valence-corrected chi connectivity index (χ3v) is 7.01. The average molecular weight is 434 g/mol. The van der Waals surface area contributed by atoms with Gasteiger partial charge >= 0.3 is 0 Å². The molecule has 0 atom stereocenters. The summed E-state index contributed by atoms with van der Waals surface area (Å²) in [7, 11) is 0. The lowest BCUT2D eigenvalue weighted by Crippen LogP contribution is -2.39. The molecule has 2 aromatic heterocycles. The number of hydrogen-bond donors (Lipinski definition) is 0. The van der Waals surface area contributed by atoms with Gasteiger partial charge in [0.15, 0.2) is 0 Å². The number of fused-ring (bicyclic) bond motifs is 1. The van der Waals surface area contributed by atoms with E-state index in [1.54, 1.807) is 0 Å². The van der Waals surface area contributed by atoms with Crippen molar-refractivity contribution in [3.8, 4) is 0 Å². The van der Waals surface area contributed by atoms with E-state index < -0.39 is 0 Å². The summed E-state index contributed by atoms with van der Waals surface area (Å²) in [5.74, 6) is 1.91. The zero-order valence-corrected chi connectivity index (χ0v) is 17.5. The summed E-state index contributed by atoms with van der Waals surface area (Å²) in [5.41, 5.74) is 2.55. The minimum Gasteiger partial charge on any atom is -0.356 e. The highest BCUT2D eigenvalue weighted by molar-refractivity contribution is 9.10. The number of carbonyl (C=O) groups excluding carboxylic acids is 1. The van der Waals surface area contributed by atoms with E-state index in [0.29, 0.717) is 18.2 Å². The number of hydrogen-bond acceptors (Lipinski definition) is 4. The van der Waals surface area contributed by atoms with Crippen LogP contribution >= 0.6 is 27.3 Å². The Bertz CT molecular complexity index is 798. The molecular formula is C20H24BrN3OS. The molecule has 0 aromatic carbocycles. The first-order chi connectivity index (χ1) is 12.6. The number of nitrogens with zero attached hydrogens (tertiary/aromatic N) is 3. The monoisotopic (exact) mass is 433 g/mol. The molecule has 0 aliphatic carbocycles. The van der Waals surface area contributed by atoms with Crippen molar-refractivity contribution in [2.24, 2.45) is 5.92 Å². The molecular weight excluding hydrogens is 410 g/mol. The van der Waals surface area contributed by atoms with Crippen molar-refractivity contribution in [2.45, 2.75) is 39.2 Å². The Morgan fingerprint density at radius 2 is 2.15 bits per heavy atom. The molecule has 138 valence electrons. The topological polar surface area (TPSA) is 36.4 Å². The van der Waals surface area contributed by atoms with E-state index in [9.17, 15) is 4.79 Å². The van der Waals surface area contributed by atoms with Gasteiger partial charge in [-0.25, -0.2) is 4.98 Å². The van der Waals surface area contributed by atoms with Gasteiger partial charge < -0.3 is 9.80 Å². The van der Waals surface area contributed by atoms with Gasteiger partial charge in [-0.05, 0) is 76.7 Å². The van der Waals surface area contributed by atoms with E-state index in [0.717, 1.165) is 55.7 Å². The molecule has 1 amide bonds. The molecule has 4 rings (SSSR count). The van der Waals surface area contributed by atoms with E-state index in [1.807, 2.05) is 17.5 Å². The quantitative estimate of drug-likeness (QED) is 0.719. The average Bonchev–Trinajstić information content (AvgIpc) is 3.10. The molecule has 2 aromatic rings. The van der Waals surface area contributed by atoms with Crippen LogP contribution in [0.3, 0.4) is 0 Å². The van der Waals surface area contributed by atoms with Gasteiger partial charge in [0.05, 0.1) is 0 Å². The molecule has 0 unspecified atom stereocenters. The number of piperidine rings is 1. The van der Waals surface area contributed by atoms with Crippen molar-refractivity contribution in [2.75, 3.05) is 24.5 Å². The number of anilines is 1. The highest BCUT2D eigenvalue weighted by Gasteiger charge is 2.27. The largest absolute Gasteiger partial charge is 0.356 e. The number of aryl methyl sites for hydroxylation is 1. The summed E-state index contributed by atoms with van der Waals surface area (Å²) >= 11 is 5.30. The number of halogens is 1. The van der Waals surface area contributed by atoms with Crippen molar-refractivity contribution < 1.29 is 4.79 Å². The predicted octanol–water partition coefficient (Wildman–Crippen LogP) is 4.41. The zero-order chi connectivity index (χ0) is 18.1. The fraction of sp³-hybridized carbons (Fsp3) is 0.500. The van der Waals surface area contributed by atoms with Crippen molar-refractivity contribution in [1.82, 2.24) is 9.88 Å². The fourth-order valence-electron chi connectivity index (χ4n) is 4.05. The van der Waals surface area contributed by atoms with Crippen LogP contribution < -0.4 is 4.90 Å². The first-order valence-electron chi connectivity index (χ1n) is 9.30. The van der Waals surface area contributed by atoms with Crippen LogP contribution in [-0.2, 0) is 17.8 Å².